The van der Waals surface area contributed by atoms with Gasteiger partial charge in [-0.05, 0) is 57.9 Å². The van der Waals surface area contributed by atoms with Gasteiger partial charge in [-0.15, -0.1) is 0 Å². The van der Waals surface area contributed by atoms with Gasteiger partial charge >= 0.3 is 0 Å². The van der Waals surface area contributed by atoms with Crippen LogP contribution in [-0.4, -0.2) is 42.5 Å². The highest BCUT2D eigenvalue weighted by molar-refractivity contribution is 5.87. The number of ether oxygens (including phenoxy) is 2. The topological polar surface area (TPSA) is 67.9 Å². The minimum atomic E-state index is -0.758. The van der Waals surface area contributed by atoms with Crippen LogP contribution in [0.25, 0.3) is 0 Å². The van der Waals surface area contributed by atoms with Gasteiger partial charge in [-0.3, -0.25) is 9.59 Å². The molecule has 1 N–H and O–H groups in total. The first-order valence-electron chi connectivity index (χ1n) is 10.6. The van der Waals surface area contributed by atoms with Gasteiger partial charge in [0, 0.05) is 24.1 Å². The van der Waals surface area contributed by atoms with Crippen LogP contribution in [0.3, 0.4) is 0 Å². The molecule has 0 radical (unpaired) electrons. The molecular formula is C25H33FN2O4. The van der Waals surface area contributed by atoms with Crippen LogP contribution in [0.1, 0.15) is 45.2 Å². The number of nitrogens with zero attached hydrogens (tertiary/aromatic N) is 1. The van der Waals surface area contributed by atoms with Crippen LogP contribution >= 0.6 is 0 Å². The number of halogens is 1. The summed E-state index contributed by atoms with van der Waals surface area (Å²) in [4.78, 5) is 27.4. The zero-order valence-corrected chi connectivity index (χ0v) is 19.7. The summed E-state index contributed by atoms with van der Waals surface area (Å²) in [7, 11) is 3.12. The lowest BCUT2D eigenvalue weighted by Crippen LogP contribution is -2.52. The van der Waals surface area contributed by atoms with Crippen molar-refractivity contribution in [3.8, 4) is 11.5 Å². The van der Waals surface area contributed by atoms with E-state index in [0.717, 1.165) is 5.56 Å². The van der Waals surface area contributed by atoms with E-state index in [1.54, 1.807) is 45.4 Å². The number of nitrogens with one attached hydrogen (secondary N) is 1. The van der Waals surface area contributed by atoms with Crippen LogP contribution in [0.4, 0.5) is 4.39 Å². The summed E-state index contributed by atoms with van der Waals surface area (Å²) < 4.78 is 24.9. The molecule has 0 aliphatic rings. The van der Waals surface area contributed by atoms with Crippen LogP contribution in [0.15, 0.2) is 42.5 Å². The first kappa shape index (κ1) is 25.2. The maximum absolute atomic E-state index is 14.3. The van der Waals surface area contributed by atoms with E-state index in [1.807, 2.05) is 32.9 Å². The molecule has 174 valence electrons. The zero-order chi connectivity index (χ0) is 23.9. The molecule has 0 fully saturated rings. The first-order chi connectivity index (χ1) is 15.1. The summed E-state index contributed by atoms with van der Waals surface area (Å²) in [5.41, 5.74) is 0.813. The summed E-state index contributed by atoms with van der Waals surface area (Å²) >= 11 is 0. The number of benzene rings is 2. The highest BCUT2D eigenvalue weighted by atomic mass is 19.1. The van der Waals surface area contributed by atoms with Crippen molar-refractivity contribution in [1.82, 2.24) is 10.2 Å². The van der Waals surface area contributed by atoms with Gasteiger partial charge in [0.05, 0.1) is 14.2 Å². The summed E-state index contributed by atoms with van der Waals surface area (Å²) in [5, 5.41) is 2.90. The monoisotopic (exact) mass is 444 g/mol. The molecule has 2 aromatic carbocycles. The number of amides is 2. The summed E-state index contributed by atoms with van der Waals surface area (Å²) in [6, 6.07) is 11.0. The van der Waals surface area contributed by atoms with E-state index >= 15 is 0 Å². The van der Waals surface area contributed by atoms with Crippen LogP contribution in [0.5, 0.6) is 11.5 Å². The standard InChI is InChI=1S/C25H33FN2O4/c1-17(24(30)27-25(2,3)4)28(16-19-9-7-8-10-20(19)26)23(29)14-12-18-11-13-21(31-5)22(15-18)32-6/h7-11,13,15,17H,12,14,16H2,1-6H3,(H,27,30)/t17-/m0/s1. The average Bonchev–Trinajstić information content (AvgIpc) is 2.75. The number of hydrogen-bond donors (Lipinski definition) is 1. The second-order valence-electron chi connectivity index (χ2n) is 8.72. The highest BCUT2D eigenvalue weighted by Gasteiger charge is 2.28. The Kier molecular flexibility index (Phi) is 8.63. The molecule has 32 heavy (non-hydrogen) atoms. The first-order valence-corrected chi connectivity index (χ1v) is 10.6. The predicted molar refractivity (Wildman–Crippen MR) is 122 cm³/mol. The second kappa shape index (κ2) is 11.0. The van der Waals surface area contributed by atoms with Crippen molar-refractivity contribution in [1.29, 1.82) is 0 Å². The Bertz CT molecular complexity index is 940. The summed E-state index contributed by atoms with van der Waals surface area (Å²) in [5.74, 6) is 0.260. The van der Waals surface area contributed by atoms with Crippen LogP contribution in [-0.2, 0) is 22.6 Å². The van der Waals surface area contributed by atoms with Gasteiger partial charge in [0.1, 0.15) is 11.9 Å². The largest absolute Gasteiger partial charge is 0.493 e. The van der Waals surface area contributed by atoms with Gasteiger partial charge < -0.3 is 19.7 Å². The predicted octanol–water partition coefficient (Wildman–Crippen LogP) is 4.11. The molecule has 7 heteroatoms. The molecule has 2 rings (SSSR count). The Morgan fingerprint density at radius 1 is 1.06 bits per heavy atom. The van der Waals surface area contributed by atoms with E-state index in [2.05, 4.69) is 5.32 Å². The number of carbonyl (C=O) groups is 2. The molecule has 2 aromatic rings. The lowest BCUT2D eigenvalue weighted by atomic mass is 10.1. The third-order valence-corrected chi connectivity index (χ3v) is 5.04. The van der Waals surface area contributed by atoms with Crippen molar-refractivity contribution >= 4 is 11.8 Å². The third-order valence-electron chi connectivity index (χ3n) is 5.04. The van der Waals surface area contributed by atoms with Crippen molar-refractivity contribution in [3.05, 3.63) is 59.4 Å². The minimum absolute atomic E-state index is 0.0101. The molecule has 0 bridgehead atoms. The molecule has 0 aliphatic heterocycles. The van der Waals surface area contributed by atoms with Crippen molar-refractivity contribution in [2.24, 2.45) is 0 Å². The van der Waals surface area contributed by atoms with Gasteiger partial charge in [0.15, 0.2) is 11.5 Å². The average molecular weight is 445 g/mol. The lowest BCUT2D eigenvalue weighted by molar-refractivity contribution is -0.141. The SMILES string of the molecule is COc1ccc(CCC(=O)N(Cc2ccccc2F)[C@@H](C)C(=O)NC(C)(C)C)cc1OC. The Labute approximate surface area is 189 Å². The maximum atomic E-state index is 14.3. The smallest absolute Gasteiger partial charge is 0.242 e. The molecule has 1 atom stereocenters. The van der Waals surface area contributed by atoms with Gasteiger partial charge in [-0.2, -0.15) is 0 Å². The normalized spacial score (nSPS) is 12.1. The highest BCUT2D eigenvalue weighted by Crippen LogP contribution is 2.28. The Morgan fingerprint density at radius 2 is 1.72 bits per heavy atom. The number of aryl methyl sites for hydroxylation is 1. The molecule has 2 amide bonds. The molecule has 0 spiro atoms. The van der Waals surface area contributed by atoms with Crippen LogP contribution in [0.2, 0.25) is 0 Å². The third kappa shape index (κ3) is 6.97. The minimum Gasteiger partial charge on any atom is -0.493 e. The molecule has 0 saturated carbocycles. The Balaban J connectivity index is 2.21. The van der Waals surface area contributed by atoms with Crippen LogP contribution in [0, 0.1) is 5.82 Å². The van der Waals surface area contributed by atoms with Crippen molar-refractivity contribution < 1.29 is 23.5 Å². The molecule has 0 aliphatic carbocycles. The van der Waals surface area contributed by atoms with E-state index in [-0.39, 0.29) is 24.8 Å². The summed E-state index contributed by atoms with van der Waals surface area (Å²) in [6.07, 6.45) is 0.609. The van der Waals surface area contributed by atoms with Crippen molar-refractivity contribution in [2.45, 2.75) is 58.7 Å². The molecule has 0 unspecified atom stereocenters. The van der Waals surface area contributed by atoms with E-state index in [4.69, 9.17) is 9.47 Å². The number of rotatable bonds is 9. The van der Waals surface area contributed by atoms with Gasteiger partial charge in [0.25, 0.3) is 0 Å². The molecule has 0 heterocycles. The summed E-state index contributed by atoms with van der Waals surface area (Å²) in [6.45, 7) is 7.29. The Morgan fingerprint density at radius 3 is 2.31 bits per heavy atom. The quantitative estimate of drug-likeness (QED) is 0.632. The second-order valence-corrected chi connectivity index (χ2v) is 8.72. The fraction of sp³-hybridized carbons (Fsp3) is 0.440. The van der Waals surface area contributed by atoms with Gasteiger partial charge in [-0.25, -0.2) is 4.39 Å². The Hall–Kier alpha value is -3.09. The maximum Gasteiger partial charge on any atom is 0.242 e. The number of carbonyl (C=O) groups excluding carboxylic acids is 2. The van der Waals surface area contributed by atoms with Crippen molar-refractivity contribution in [3.63, 3.8) is 0 Å². The van der Waals surface area contributed by atoms with E-state index < -0.39 is 17.4 Å². The number of methoxy groups -OCH3 is 2. The van der Waals surface area contributed by atoms with E-state index in [0.29, 0.717) is 23.5 Å². The van der Waals surface area contributed by atoms with E-state index in [1.165, 1.54) is 11.0 Å². The molecule has 6 nitrogen and oxygen atoms in total. The van der Waals surface area contributed by atoms with Gasteiger partial charge in [0.2, 0.25) is 11.8 Å². The number of hydrogen-bond acceptors (Lipinski definition) is 4. The zero-order valence-electron chi connectivity index (χ0n) is 19.7. The molecular weight excluding hydrogens is 411 g/mol. The fourth-order valence-corrected chi connectivity index (χ4v) is 3.30. The van der Waals surface area contributed by atoms with Crippen LogP contribution < -0.4 is 14.8 Å². The lowest BCUT2D eigenvalue weighted by Gasteiger charge is -2.31. The fourth-order valence-electron chi connectivity index (χ4n) is 3.30. The molecule has 0 aromatic heterocycles. The van der Waals surface area contributed by atoms with Crippen molar-refractivity contribution in [2.75, 3.05) is 14.2 Å². The van der Waals surface area contributed by atoms with E-state index in [9.17, 15) is 14.0 Å². The molecule has 0 saturated heterocycles. The van der Waals surface area contributed by atoms with Gasteiger partial charge in [-0.1, -0.05) is 24.3 Å².